The Kier molecular flexibility index (Phi) is 3.74. The fourth-order valence-electron chi connectivity index (χ4n) is 2.18. The average molecular weight is 232 g/mol. The zero-order chi connectivity index (χ0) is 12.3. The highest BCUT2D eigenvalue weighted by atomic mass is 15.1. The first-order chi connectivity index (χ1) is 8.27. The molecule has 2 aromatic heterocycles. The summed E-state index contributed by atoms with van der Waals surface area (Å²) < 4.78 is 2.23. The molecule has 4 heteroatoms. The van der Waals surface area contributed by atoms with Crippen molar-refractivity contribution in [1.82, 2.24) is 14.5 Å². The molecule has 0 spiro atoms. The second kappa shape index (κ2) is 5.27. The van der Waals surface area contributed by atoms with E-state index in [1.54, 1.807) is 0 Å². The van der Waals surface area contributed by atoms with Gasteiger partial charge in [0.15, 0.2) is 5.65 Å². The van der Waals surface area contributed by atoms with E-state index in [1.165, 1.54) is 0 Å². The lowest BCUT2D eigenvalue weighted by Crippen LogP contribution is -2.11. The first-order valence-corrected chi connectivity index (χ1v) is 6.29. The number of nitrogens with zero attached hydrogens (tertiary/aromatic N) is 3. The molecular weight excluding hydrogens is 212 g/mol. The number of aryl methyl sites for hydroxylation is 1. The summed E-state index contributed by atoms with van der Waals surface area (Å²) >= 11 is 0. The molecule has 2 N–H and O–H groups in total. The maximum Gasteiger partial charge on any atom is 0.159 e. The van der Waals surface area contributed by atoms with Crippen LogP contribution in [0.25, 0.3) is 11.2 Å². The van der Waals surface area contributed by atoms with E-state index in [9.17, 15) is 0 Å². The highest BCUT2D eigenvalue weighted by Gasteiger charge is 2.15. The molecule has 0 aromatic carbocycles. The molecule has 1 unspecified atom stereocenters. The minimum absolute atomic E-state index is 0.390. The van der Waals surface area contributed by atoms with Crippen molar-refractivity contribution in [2.45, 2.75) is 39.2 Å². The molecule has 2 aromatic rings. The third-order valence-corrected chi connectivity index (χ3v) is 3.02. The van der Waals surface area contributed by atoms with Crippen molar-refractivity contribution >= 4 is 11.2 Å². The fraction of sp³-hybridized carbons (Fsp3) is 0.538. The van der Waals surface area contributed by atoms with Gasteiger partial charge in [0.05, 0.1) is 0 Å². The van der Waals surface area contributed by atoms with E-state index in [0.717, 1.165) is 36.4 Å². The van der Waals surface area contributed by atoms with Gasteiger partial charge in [0.1, 0.15) is 11.3 Å². The second-order valence-electron chi connectivity index (χ2n) is 4.45. The molecule has 0 fully saturated rings. The Morgan fingerprint density at radius 3 is 3.00 bits per heavy atom. The molecular formula is C13H20N4. The van der Waals surface area contributed by atoms with Crippen molar-refractivity contribution < 1.29 is 0 Å². The number of fused-ring (bicyclic) bond motifs is 1. The number of imidazole rings is 1. The topological polar surface area (TPSA) is 56.7 Å². The zero-order valence-electron chi connectivity index (χ0n) is 10.6. The molecule has 0 saturated carbocycles. The van der Waals surface area contributed by atoms with Crippen LogP contribution in [-0.2, 0) is 6.54 Å². The summed E-state index contributed by atoms with van der Waals surface area (Å²) in [6, 6.07) is 3.95. The molecule has 4 nitrogen and oxygen atoms in total. The molecule has 17 heavy (non-hydrogen) atoms. The van der Waals surface area contributed by atoms with Crippen molar-refractivity contribution in [3.63, 3.8) is 0 Å². The first kappa shape index (κ1) is 12.0. The number of hydrogen-bond donors (Lipinski definition) is 1. The Hall–Kier alpha value is -1.42. The number of rotatable bonds is 5. The molecule has 0 saturated heterocycles. The Labute approximate surface area is 102 Å². The average Bonchev–Trinajstić information content (AvgIpc) is 2.70. The highest BCUT2D eigenvalue weighted by molar-refractivity contribution is 5.71. The van der Waals surface area contributed by atoms with E-state index in [1.807, 2.05) is 18.3 Å². The van der Waals surface area contributed by atoms with Crippen molar-refractivity contribution in [1.29, 1.82) is 0 Å². The van der Waals surface area contributed by atoms with Crippen LogP contribution in [0.1, 0.15) is 38.4 Å². The summed E-state index contributed by atoms with van der Waals surface area (Å²) in [5, 5.41) is 0. The number of pyridine rings is 1. The number of hydrogen-bond acceptors (Lipinski definition) is 3. The second-order valence-corrected chi connectivity index (χ2v) is 4.45. The summed E-state index contributed by atoms with van der Waals surface area (Å²) in [6.45, 7) is 6.02. The van der Waals surface area contributed by atoms with Gasteiger partial charge in [-0.1, -0.05) is 13.8 Å². The Morgan fingerprint density at radius 1 is 1.47 bits per heavy atom. The molecule has 0 radical (unpaired) electrons. The lowest BCUT2D eigenvalue weighted by atomic mass is 10.1. The smallest absolute Gasteiger partial charge is 0.159 e. The number of nitrogens with two attached hydrogens (primary N) is 1. The first-order valence-electron chi connectivity index (χ1n) is 6.29. The van der Waals surface area contributed by atoms with Crippen molar-refractivity contribution in [2.75, 3.05) is 6.54 Å². The van der Waals surface area contributed by atoms with Gasteiger partial charge >= 0.3 is 0 Å². The summed E-state index contributed by atoms with van der Waals surface area (Å²) in [4.78, 5) is 9.13. The molecule has 0 bridgehead atoms. The highest BCUT2D eigenvalue weighted by Crippen LogP contribution is 2.22. The van der Waals surface area contributed by atoms with Gasteiger partial charge in [-0.05, 0) is 31.5 Å². The zero-order valence-corrected chi connectivity index (χ0v) is 10.6. The Bertz CT molecular complexity index is 489. The summed E-state index contributed by atoms with van der Waals surface area (Å²) in [5.74, 6) is 1.51. The van der Waals surface area contributed by atoms with Gasteiger partial charge in [-0.3, -0.25) is 0 Å². The lowest BCUT2D eigenvalue weighted by Gasteiger charge is -2.12. The van der Waals surface area contributed by atoms with Gasteiger partial charge in [0.2, 0.25) is 0 Å². The molecule has 2 rings (SSSR count). The van der Waals surface area contributed by atoms with Gasteiger partial charge in [0.25, 0.3) is 0 Å². The molecule has 0 aliphatic rings. The Balaban J connectivity index is 2.49. The largest absolute Gasteiger partial charge is 0.330 e. The van der Waals surface area contributed by atoms with E-state index in [2.05, 4.69) is 23.4 Å². The molecule has 1 atom stereocenters. The predicted octanol–water partition coefficient (Wildman–Crippen LogP) is 2.29. The quantitative estimate of drug-likeness (QED) is 0.860. The van der Waals surface area contributed by atoms with Crippen LogP contribution in [0.15, 0.2) is 18.3 Å². The van der Waals surface area contributed by atoms with Crippen LogP contribution in [0.4, 0.5) is 0 Å². The van der Waals surface area contributed by atoms with Gasteiger partial charge in [-0.2, -0.15) is 0 Å². The molecule has 92 valence electrons. The van der Waals surface area contributed by atoms with E-state index in [-0.39, 0.29) is 0 Å². The molecule has 2 heterocycles. The van der Waals surface area contributed by atoms with Crippen LogP contribution < -0.4 is 5.73 Å². The molecule has 0 amide bonds. The van der Waals surface area contributed by atoms with Gasteiger partial charge in [0, 0.05) is 18.7 Å². The minimum Gasteiger partial charge on any atom is -0.330 e. The van der Waals surface area contributed by atoms with Gasteiger partial charge < -0.3 is 10.3 Å². The van der Waals surface area contributed by atoms with E-state index >= 15 is 0 Å². The van der Waals surface area contributed by atoms with Crippen molar-refractivity contribution in [3.8, 4) is 0 Å². The maximum atomic E-state index is 5.63. The SMILES string of the molecule is CCCn1c(C(C)CCN)nc2cccnc21. The summed E-state index contributed by atoms with van der Waals surface area (Å²) in [5.41, 5.74) is 7.61. The van der Waals surface area contributed by atoms with Gasteiger partial charge in [-0.25, -0.2) is 9.97 Å². The lowest BCUT2D eigenvalue weighted by molar-refractivity contribution is 0.576. The minimum atomic E-state index is 0.390. The van der Waals surface area contributed by atoms with Gasteiger partial charge in [-0.15, -0.1) is 0 Å². The van der Waals surface area contributed by atoms with Crippen molar-refractivity contribution in [2.24, 2.45) is 5.73 Å². The van der Waals surface area contributed by atoms with Crippen LogP contribution in [0, 0.1) is 0 Å². The van der Waals surface area contributed by atoms with E-state index in [4.69, 9.17) is 10.7 Å². The fourth-order valence-corrected chi connectivity index (χ4v) is 2.18. The molecule has 0 aliphatic heterocycles. The van der Waals surface area contributed by atoms with E-state index < -0.39 is 0 Å². The van der Waals surface area contributed by atoms with E-state index in [0.29, 0.717) is 12.5 Å². The van der Waals surface area contributed by atoms with Crippen LogP contribution in [0.2, 0.25) is 0 Å². The predicted molar refractivity (Wildman–Crippen MR) is 69.9 cm³/mol. The monoisotopic (exact) mass is 232 g/mol. The van der Waals surface area contributed by atoms with Crippen molar-refractivity contribution in [3.05, 3.63) is 24.2 Å². The molecule has 0 aliphatic carbocycles. The third-order valence-electron chi connectivity index (χ3n) is 3.02. The number of aromatic nitrogens is 3. The standard InChI is InChI=1S/C13H20N4/c1-3-9-17-12(10(2)6-7-14)16-11-5-4-8-15-13(11)17/h4-5,8,10H,3,6-7,9,14H2,1-2H3. The maximum absolute atomic E-state index is 5.63. The normalized spacial score (nSPS) is 13.1. The summed E-state index contributed by atoms with van der Waals surface area (Å²) in [6.07, 6.45) is 3.88. The van der Waals surface area contributed by atoms with Crippen LogP contribution >= 0.6 is 0 Å². The third kappa shape index (κ3) is 2.31. The van der Waals surface area contributed by atoms with Crippen LogP contribution in [0.3, 0.4) is 0 Å². The summed E-state index contributed by atoms with van der Waals surface area (Å²) in [7, 11) is 0. The van der Waals surface area contributed by atoms with Crippen LogP contribution in [0.5, 0.6) is 0 Å². The van der Waals surface area contributed by atoms with Crippen LogP contribution in [-0.4, -0.2) is 21.1 Å². The Morgan fingerprint density at radius 2 is 2.29 bits per heavy atom.